The Kier molecular flexibility index (Phi) is 18.3. The minimum Gasteiger partial charge on any atom is -0.491 e. The molecule has 3 aliphatic heterocycles. The first-order valence-corrected chi connectivity index (χ1v) is 33.7. The van der Waals surface area contributed by atoms with Gasteiger partial charge in [-0.3, -0.25) is 24.1 Å². The first-order chi connectivity index (χ1) is 43.7. The second-order valence-electron chi connectivity index (χ2n) is 25.9. The highest BCUT2D eigenvalue weighted by Gasteiger charge is 2.57. The summed E-state index contributed by atoms with van der Waals surface area (Å²) in [6.07, 6.45) is 4.35. The van der Waals surface area contributed by atoms with E-state index >= 15 is 4.39 Å². The van der Waals surface area contributed by atoms with Gasteiger partial charge in [-0.05, 0) is 124 Å². The van der Waals surface area contributed by atoms with E-state index in [-0.39, 0.29) is 72.0 Å². The maximum atomic E-state index is 15.3. The van der Waals surface area contributed by atoms with Crippen molar-refractivity contribution >= 4 is 95.7 Å². The maximum Gasteiger partial charge on any atom is 0.355 e. The summed E-state index contributed by atoms with van der Waals surface area (Å²) in [5, 5.41) is 40.8. The summed E-state index contributed by atoms with van der Waals surface area (Å²) >= 11 is 4.42. The van der Waals surface area contributed by atoms with Crippen LogP contribution in [0.1, 0.15) is 122 Å². The van der Waals surface area contributed by atoms with Crippen LogP contribution in [0.3, 0.4) is 0 Å². The highest BCUT2D eigenvalue weighted by molar-refractivity contribution is 7.22. The molecule has 476 valence electrons. The second kappa shape index (κ2) is 26.3. The zero-order valence-electron chi connectivity index (χ0n) is 51.9. The van der Waals surface area contributed by atoms with Crippen molar-refractivity contribution in [1.82, 2.24) is 50.5 Å². The van der Waals surface area contributed by atoms with Gasteiger partial charge in [0.25, 0.3) is 0 Å². The van der Waals surface area contributed by atoms with Crippen molar-refractivity contribution < 1.29 is 43.3 Å². The first kappa shape index (κ1) is 63.2. The van der Waals surface area contributed by atoms with Crippen LogP contribution in [0.2, 0.25) is 0 Å². The van der Waals surface area contributed by atoms with E-state index in [4.69, 9.17) is 4.74 Å². The number of nitrogens with zero attached hydrogens (tertiary/aromatic N) is 9. The van der Waals surface area contributed by atoms with E-state index in [0.717, 1.165) is 73.9 Å². The lowest BCUT2D eigenvalue weighted by Crippen LogP contribution is -2.61. The number of aliphatic hydroxyl groups is 1. The number of aromatic carboxylic acids is 1. The number of thiazole rings is 3. The van der Waals surface area contributed by atoms with E-state index < -0.39 is 41.3 Å². The molecule has 0 radical (unpaired) electrons. The lowest BCUT2D eigenvalue weighted by Gasteiger charge is -2.57. The Bertz CT molecular complexity index is 3930. The van der Waals surface area contributed by atoms with Crippen LogP contribution in [-0.4, -0.2) is 150 Å². The summed E-state index contributed by atoms with van der Waals surface area (Å²) in [6.45, 7) is 15.2. The average Bonchev–Trinajstić information content (AvgIpc) is 1.33. The molecule has 3 aromatic carbocycles. The minimum absolute atomic E-state index is 0.0117. The molecule has 4 atom stereocenters. The molecule has 2 aliphatic carbocycles. The smallest absolute Gasteiger partial charge is 0.355 e. The third-order valence-electron chi connectivity index (χ3n) is 18.5. The summed E-state index contributed by atoms with van der Waals surface area (Å²) in [5.41, 5.74) is 7.31. The second-order valence-corrected chi connectivity index (χ2v) is 28.9. The number of carboxylic acid groups (broad SMARTS) is 1. The number of likely N-dealkylation sites (tertiary alicyclic amines) is 1. The lowest BCUT2D eigenvalue weighted by atomic mass is 9.48. The molecular weight excluding hydrogens is 1220 g/mol. The maximum absolute atomic E-state index is 15.3. The van der Waals surface area contributed by atoms with Gasteiger partial charge in [0.1, 0.15) is 12.1 Å². The van der Waals surface area contributed by atoms with Gasteiger partial charge in [0.15, 0.2) is 39.2 Å². The van der Waals surface area contributed by atoms with Gasteiger partial charge in [0.05, 0.1) is 51.6 Å². The van der Waals surface area contributed by atoms with Crippen molar-refractivity contribution in [2.75, 3.05) is 62.6 Å². The van der Waals surface area contributed by atoms with Crippen molar-refractivity contribution in [3.63, 3.8) is 0 Å². The number of carboxylic acids is 1. The number of nitrogens with one attached hydrogen (secondary N) is 3. The van der Waals surface area contributed by atoms with Crippen LogP contribution in [-0.2, 0) is 32.0 Å². The highest BCUT2D eigenvalue weighted by atomic mass is 32.1. The minimum atomic E-state index is -1.13. The summed E-state index contributed by atoms with van der Waals surface area (Å²) in [6, 6.07) is 18.3. The number of piperazine rings is 1. The Morgan fingerprint density at radius 3 is 2.37 bits per heavy atom. The fourth-order valence-corrected chi connectivity index (χ4v) is 16.2. The number of halogens is 1. The number of fused-ring (bicyclic) bond motifs is 2. The Hall–Kier alpha value is -7.95. The number of rotatable bonds is 18. The number of β-amino-alcohol motifs (C(OH)–C–C–N with tert-alkyl or cyclic N) is 1. The highest BCUT2D eigenvalue weighted by Crippen LogP contribution is 2.61. The number of aliphatic hydroxyl groups excluding tert-OH is 1. The van der Waals surface area contributed by atoms with E-state index in [2.05, 4.69) is 57.8 Å². The summed E-state index contributed by atoms with van der Waals surface area (Å²) in [5.74, 6) is 4.68. The van der Waals surface area contributed by atoms with Gasteiger partial charge in [-0.25, -0.2) is 24.1 Å². The molecule has 91 heavy (non-hydrogen) atoms. The summed E-state index contributed by atoms with van der Waals surface area (Å²) in [7, 11) is 0. The number of amides is 4. The molecular formula is C67H75FN12O8S3. The van der Waals surface area contributed by atoms with Crippen molar-refractivity contribution in [2.24, 2.45) is 22.7 Å². The third-order valence-corrected chi connectivity index (χ3v) is 21.5. The Morgan fingerprint density at radius 1 is 0.901 bits per heavy atom. The number of carbonyl (C=O) groups excluding carboxylic acids is 4. The van der Waals surface area contributed by atoms with Crippen molar-refractivity contribution in [3.8, 4) is 28.0 Å². The fourth-order valence-electron chi connectivity index (χ4n) is 13.4. The summed E-state index contributed by atoms with van der Waals surface area (Å²) in [4.78, 5) is 90.9. The molecule has 2 saturated heterocycles. The zero-order chi connectivity index (χ0) is 63.9. The van der Waals surface area contributed by atoms with Crippen molar-refractivity contribution in [3.05, 3.63) is 117 Å². The topological polar surface area (TPSA) is 249 Å². The predicted molar refractivity (Wildman–Crippen MR) is 348 cm³/mol. The normalized spacial score (nSPS) is 21.3. The van der Waals surface area contributed by atoms with Crippen LogP contribution in [0, 0.1) is 54.2 Å². The van der Waals surface area contributed by atoms with Crippen LogP contribution in [0.15, 0.2) is 72.2 Å². The molecule has 24 heteroatoms. The Labute approximate surface area is 540 Å². The number of hydrogen-bond donors (Lipinski definition) is 5. The number of anilines is 4. The molecule has 2 saturated carbocycles. The quantitative estimate of drug-likeness (QED) is 0.0396. The standard InChI is InChI=1S/C67H75FN12O8S3/c1-38-47-13-10-24-79(58(47)76-75-57(38)74-64-71-49-14-7-8-15-52(49)90-64)65-72-54(63(86)87)53(91-65)16-11-29-88-51-22-17-41(30-48(51)68)12-9-23-77-25-27-78(28-26-77)61(84)45-34-67(35-45)32-44(33-67)59(82)73-56(66(4,5)6)62(85)80-36-46(81)31-50(80)60(83)70-39(2)42-18-20-43(21-19-42)55-40(3)69-37-89-55/h7-8,14-15,17-22,30,37,39,44-46,50,56,81H,10-11,13,16,23-29,31-36H2,1-6H3,(H,70,83)(H,73,82)(H,86,87)(H,71,74,75)/t39?,44?,45?,46-,50+,56?,67?/m1/s1. The molecule has 1 spiro atoms. The van der Waals surface area contributed by atoms with Crippen molar-refractivity contribution in [1.29, 1.82) is 0 Å². The number of benzene rings is 3. The number of aromatic nitrogens is 5. The third kappa shape index (κ3) is 13.7. The molecule has 5 N–H and O–H groups in total. The molecule has 7 aromatic rings. The van der Waals surface area contributed by atoms with Gasteiger partial charge in [-0.15, -0.1) is 32.9 Å². The number of para-hydroxylation sites is 1. The SMILES string of the molecule is Cc1ncsc1-c1ccc(C(C)NC(=O)[C@@H]2C[C@@H](O)CN2C(=O)C(NC(=O)C2CC3(C2)CC(C(=O)N2CCN(CC#Cc4ccc(OCCCc5sc(N6CCCc7c6nnc(Nc6nc8ccccc8s6)c7C)nc5C(=O)O)c(F)c4)CC2)C3)C(C)(C)C)cc1. The van der Waals surface area contributed by atoms with E-state index in [9.17, 15) is 34.2 Å². The molecule has 7 heterocycles. The molecule has 0 bridgehead atoms. The molecule has 4 amide bonds. The van der Waals surface area contributed by atoms with Crippen LogP contribution in [0.4, 0.5) is 26.3 Å². The zero-order valence-corrected chi connectivity index (χ0v) is 54.3. The van der Waals surface area contributed by atoms with Crippen molar-refractivity contribution in [2.45, 2.75) is 124 Å². The van der Waals surface area contributed by atoms with Gasteiger partial charge in [-0.1, -0.05) is 80.3 Å². The Morgan fingerprint density at radius 2 is 1.66 bits per heavy atom. The fraction of sp³-hybridized carbons (Fsp3) is 0.463. The van der Waals surface area contributed by atoms with E-state index in [1.54, 1.807) is 34.8 Å². The van der Waals surface area contributed by atoms with Crippen LogP contribution in [0.5, 0.6) is 5.75 Å². The largest absolute Gasteiger partial charge is 0.491 e. The van der Waals surface area contributed by atoms with E-state index in [1.165, 1.54) is 22.3 Å². The molecule has 20 nitrogen and oxygen atoms in total. The average molecular weight is 1290 g/mol. The molecule has 4 aromatic heterocycles. The molecule has 2 unspecified atom stereocenters. The molecule has 12 rings (SSSR count). The molecule has 4 fully saturated rings. The lowest BCUT2D eigenvalue weighted by molar-refractivity contribution is -0.158. The van der Waals surface area contributed by atoms with Gasteiger partial charge < -0.3 is 45.6 Å². The number of ether oxygens (including phenoxy) is 1. The number of aryl methyl sites for hydroxylation is 2. The number of carbonyl (C=O) groups is 5. The van der Waals surface area contributed by atoms with Crippen LogP contribution >= 0.6 is 34.0 Å². The van der Waals surface area contributed by atoms with Gasteiger partial charge >= 0.3 is 5.97 Å². The Balaban J connectivity index is 0.559. The number of hydrogen-bond acceptors (Lipinski definition) is 18. The van der Waals surface area contributed by atoms with Gasteiger partial charge in [0.2, 0.25) is 23.6 Å². The van der Waals surface area contributed by atoms with Gasteiger partial charge in [-0.2, -0.15) is 0 Å². The molecule has 5 aliphatic rings. The van der Waals surface area contributed by atoms with Gasteiger partial charge in [0, 0.05) is 79.1 Å². The first-order valence-electron chi connectivity index (χ1n) is 31.2. The monoisotopic (exact) mass is 1290 g/mol. The summed E-state index contributed by atoms with van der Waals surface area (Å²) < 4.78 is 22.2. The van der Waals surface area contributed by atoms with Crippen LogP contribution in [0.25, 0.3) is 20.7 Å². The van der Waals surface area contributed by atoms with E-state index in [0.29, 0.717) is 92.2 Å². The predicted octanol–water partition coefficient (Wildman–Crippen LogP) is 9.63. The van der Waals surface area contributed by atoms with Crippen LogP contribution < -0.4 is 25.6 Å². The van der Waals surface area contributed by atoms with E-state index in [1.807, 2.05) is 105 Å².